The molecule has 1 aromatic heterocycles. The zero-order valence-corrected chi connectivity index (χ0v) is 15.9. The van der Waals surface area contributed by atoms with Gasteiger partial charge in [0, 0.05) is 21.5 Å². The van der Waals surface area contributed by atoms with Gasteiger partial charge in [0.15, 0.2) is 0 Å². The van der Waals surface area contributed by atoms with E-state index < -0.39 is 0 Å². The van der Waals surface area contributed by atoms with Crippen LogP contribution >= 0.6 is 27.5 Å². The summed E-state index contributed by atoms with van der Waals surface area (Å²) >= 11 is 9.39. The molecular formula is C20H14BrClN2O2. The molecule has 4 nitrogen and oxygen atoms in total. The van der Waals surface area contributed by atoms with Gasteiger partial charge in [-0.15, -0.1) is 0 Å². The number of nitrogens with zero attached hydrogens (tertiary/aromatic N) is 2. The summed E-state index contributed by atoms with van der Waals surface area (Å²) in [6.07, 6.45) is 2.20. The molecule has 2 aromatic carbocycles. The topological polar surface area (TPSA) is 45.8 Å². The highest BCUT2D eigenvalue weighted by Crippen LogP contribution is 2.34. The maximum atomic E-state index is 13.1. The zero-order chi connectivity index (χ0) is 18.1. The lowest BCUT2D eigenvalue weighted by Crippen LogP contribution is -2.27. The van der Waals surface area contributed by atoms with Crippen LogP contribution in [0.2, 0.25) is 5.02 Å². The van der Waals surface area contributed by atoms with Crippen molar-refractivity contribution in [2.75, 3.05) is 0 Å². The monoisotopic (exact) mass is 428 g/mol. The Morgan fingerprint density at radius 2 is 1.85 bits per heavy atom. The van der Waals surface area contributed by atoms with Crippen LogP contribution in [0.25, 0.3) is 0 Å². The van der Waals surface area contributed by atoms with E-state index in [0.29, 0.717) is 22.8 Å². The first kappa shape index (κ1) is 17.1. The van der Waals surface area contributed by atoms with E-state index in [9.17, 15) is 4.79 Å². The SMILES string of the molecule is O=C(c1ccc(Cl)cc1)N1N=C(c2ccco2)CC1c1ccc(Br)cc1. The highest BCUT2D eigenvalue weighted by Gasteiger charge is 2.34. The number of furan rings is 1. The summed E-state index contributed by atoms with van der Waals surface area (Å²) in [5.74, 6) is 0.509. The van der Waals surface area contributed by atoms with Gasteiger partial charge in [0.2, 0.25) is 0 Å². The first-order valence-corrected chi connectivity index (χ1v) is 9.25. The fourth-order valence-electron chi connectivity index (χ4n) is 2.96. The van der Waals surface area contributed by atoms with Crippen molar-refractivity contribution < 1.29 is 9.21 Å². The molecule has 0 aliphatic carbocycles. The van der Waals surface area contributed by atoms with E-state index in [1.165, 1.54) is 5.01 Å². The van der Waals surface area contributed by atoms with Crippen molar-refractivity contribution in [1.29, 1.82) is 0 Å². The third-order valence-electron chi connectivity index (χ3n) is 4.27. The second-order valence-electron chi connectivity index (χ2n) is 5.95. The summed E-state index contributed by atoms with van der Waals surface area (Å²) in [5, 5.41) is 6.69. The van der Waals surface area contributed by atoms with Gasteiger partial charge >= 0.3 is 0 Å². The van der Waals surface area contributed by atoms with Crippen molar-refractivity contribution in [2.45, 2.75) is 12.5 Å². The van der Waals surface area contributed by atoms with E-state index in [2.05, 4.69) is 21.0 Å². The van der Waals surface area contributed by atoms with Gasteiger partial charge in [0.1, 0.15) is 11.5 Å². The van der Waals surface area contributed by atoms with Crippen LogP contribution in [-0.2, 0) is 0 Å². The molecule has 0 spiro atoms. The van der Waals surface area contributed by atoms with E-state index in [0.717, 1.165) is 15.7 Å². The Kier molecular flexibility index (Phi) is 4.66. The van der Waals surface area contributed by atoms with Gasteiger partial charge in [-0.2, -0.15) is 5.10 Å². The summed E-state index contributed by atoms with van der Waals surface area (Å²) in [5.41, 5.74) is 2.31. The third-order valence-corrected chi connectivity index (χ3v) is 5.05. The highest BCUT2D eigenvalue weighted by atomic mass is 79.9. The number of hydrazone groups is 1. The fourth-order valence-corrected chi connectivity index (χ4v) is 3.35. The van der Waals surface area contributed by atoms with E-state index in [4.69, 9.17) is 16.0 Å². The molecule has 1 aliphatic rings. The highest BCUT2D eigenvalue weighted by molar-refractivity contribution is 9.10. The molecule has 0 N–H and O–H groups in total. The molecule has 1 unspecified atom stereocenters. The summed E-state index contributed by atoms with van der Waals surface area (Å²) in [7, 11) is 0. The molecule has 0 saturated carbocycles. The third kappa shape index (κ3) is 3.32. The smallest absolute Gasteiger partial charge is 0.274 e. The lowest BCUT2D eigenvalue weighted by Gasteiger charge is -2.22. The van der Waals surface area contributed by atoms with Gasteiger partial charge in [-0.3, -0.25) is 4.79 Å². The number of rotatable bonds is 3. The quantitative estimate of drug-likeness (QED) is 0.537. The van der Waals surface area contributed by atoms with Crippen molar-refractivity contribution in [3.05, 3.63) is 93.3 Å². The number of halogens is 2. The van der Waals surface area contributed by atoms with Gasteiger partial charge in [0.05, 0.1) is 12.3 Å². The number of hydrogen-bond donors (Lipinski definition) is 0. The number of carbonyl (C=O) groups is 1. The predicted octanol–water partition coefficient (Wildman–Crippen LogP) is 5.69. The second kappa shape index (κ2) is 7.09. The Morgan fingerprint density at radius 1 is 1.12 bits per heavy atom. The molecule has 4 rings (SSSR count). The van der Waals surface area contributed by atoms with Crippen molar-refractivity contribution in [1.82, 2.24) is 5.01 Å². The van der Waals surface area contributed by atoms with Gasteiger partial charge in [-0.1, -0.05) is 39.7 Å². The van der Waals surface area contributed by atoms with E-state index in [1.807, 2.05) is 36.4 Å². The van der Waals surface area contributed by atoms with Crippen LogP contribution in [-0.4, -0.2) is 16.6 Å². The summed E-state index contributed by atoms with van der Waals surface area (Å²) in [4.78, 5) is 13.1. The number of hydrogen-bond acceptors (Lipinski definition) is 3. The van der Waals surface area contributed by atoms with Gasteiger partial charge in [-0.05, 0) is 54.1 Å². The second-order valence-corrected chi connectivity index (χ2v) is 7.30. The van der Waals surface area contributed by atoms with Crippen LogP contribution in [0.3, 0.4) is 0 Å². The Balaban J connectivity index is 1.71. The van der Waals surface area contributed by atoms with Crippen LogP contribution in [0.4, 0.5) is 0 Å². The first-order valence-electron chi connectivity index (χ1n) is 8.08. The number of amides is 1. The molecule has 0 fully saturated rings. The minimum absolute atomic E-state index is 0.170. The molecule has 26 heavy (non-hydrogen) atoms. The molecule has 0 saturated heterocycles. The van der Waals surface area contributed by atoms with Crippen LogP contribution in [0.15, 0.2) is 80.9 Å². The molecule has 0 bridgehead atoms. The predicted molar refractivity (Wildman–Crippen MR) is 104 cm³/mol. The Hall–Kier alpha value is -2.37. The van der Waals surface area contributed by atoms with Crippen molar-refractivity contribution >= 4 is 39.1 Å². The average Bonchev–Trinajstić information content (AvgIpc) is 3.32. The zero-order valence-electron chi connectivity index (χ0n) is 13.6. The molecular weight excluding hydrogens is 416 g/mol. The minimum Gasteiger partial charge on any atom is -0.463 e. The Bertz CT molecular complexity index is 950. The van der Waals surface area contributed by atoms with Gasteiger partial charge in [-0.25, -0.2) is 5.01 Å². The Morgan fingerprint density at radius 3 is 2.50 bits per heavy atom. The molecule has 1 aliphatic heterocycles. The molecule has 6 heteroatoms. The maximum absolute atomic E-state index is 13.1. The molecule has 0 radical (unpaired) electrons. The maximum Gasteiger partial charge on any atom is 0.274 e. The Labute approximate surface area is 164 Å². The van der Waals surface area contributed by atoms with Gasteiger partial charge in [0.25, 0.3) is 5.91 Å². The van der Waals surface area contributed by atoms with E-state index >= 15 is 0 Å². The van der Waals surface area contributed by atoms with E-state index in [1.54, 1.807) is 30.5 Å². The van der Waals surface area contributed by atoms with Crippen molar-refractivity contribution in [3.8, 4) is 0 Å². The molecule has 1 amide bonds. The number of benzene rings is 2. The first-order chi connectivity index (χ1) is 12.6. The summed E-state index contributed by atoms with van der Waals surface area (Å²) in [6, 6.07) is 18.2. The van der Waals surface area contributed by atoms with Crippen LogP contribution < -0.4 is 0 Å². The minimum atomic E-state index is -0.189. The van der Waals surface area contributed by atoms with Crippen LogP contribution in [0.1, 0.15) is 34.1 Å². The summed E-state index contributed by atoms with van der Waals surface area (Å²) < 4.78 is 6.46. The normalized spacial score (nSPS) is 16.6. The van der Waals surface area contributed by atoms with Crippen LogP contribution in [0.5, 0.6) is 0 Å². The lowest BCUT2D eigenvalue weighted by molar-refractivity contribution is 0.0711. The average molecular weight is 430 g/mol. The molecule has 130 valence electrons. The largest absolute Gasteiger partial charge is 0.463 e. The lowest BCUT2D eigenvalue weighted by atomic mass is 10.0. The summed E-state index contributed by atoms with van der Waals surface area (Å²) in [6.45, 7) is 0. The van der Waals surface area contributed by atoms with Crippen molar-refractivity contribution in [2.24, 2.45) is 5.10 Å². The molecule has 1 atom stereocenters. The van der Waals surface area contributed by atoms with E-state index in [-0.39, 0.29) is 11.9 Å². The van der Waals surface area contributed by atoms with Crippen LogP contribution in [0, 0.1) is 0 Å². The van der Waals surface area contributed by atoms with Gasteiger partial charge < -0.3 is 4.42 Å². The fraction of sp³-hybridized carbons (Fsp3) is 0.100. The molecule has 3 aromatic rings. The number of carbonyl (C=O) groups excluding carboxylic acids is 1. The molecule has 2 heterocycles. The van der Waals surface area contributed by atoms with Crippen molar-refractivity contribution in [3.63, 3.8) is 0 Å². The standard InChI is InChI=1S/C20H14BrClN2O2/c21-15-7-3-13(4-8-15)18-12-17(19-2-1-11-26-19)23-24(18)20(25)14-5-9-16(22)10-6-14/h1-11,18H,12H2.